The highest BCUT2D eigenvalue weighted by Gasteiger charge is 2.40. The van der Waals surface area contributed by atoms with Gasteiger partial charge in [-0.1, -0.05) is 30.4 Å². The Morgan fingerprint density at radius 2 is 2.04 bits per heavy atom. The standard InChI is InChI=1S/C22H27NO3S/c1-13-7-8-17(14(2)11-13)20(24)23-15(3)26-21(25)19-18(23)12-16(27-19)9-10-22(4,5)6/h7,12,14-15,17H,8,11H2,1-6H3/t14-,15?,17+/m1/s1. The van der Waals surface area contributed by atoms with Gasteiger partial charge in [0, 0.05) is 11.3 Å². The molecule has 2 aliphatic rings. The monoisotopic (exact) mass is 385 g/mol. The molecule has 0 saturated carbocycles. The number of carbonyl (C=O) groups excluding carboxylic acids is 2. The molecule has 3 atom stereocenters. The van der Waals surface area contributed by atoms with Crippen molar-refractivity contribution in [3.05, 3.63) is 27.5 Å². The summed E-state index contributed by atoms with van der Waals surface area (Å²) in [4.78, 5) is 28.6. The minimum Gasteiger partial charge on any atom is -0.437 e. The number of thiophene rings is 1. The predicted molar refractivity (Wildman–Crippen MR) is 109 cm³/mol. The first-order valence-electron chi connectivity index (χ1n) is 9.43. The smallest absolute Gasteiger partial charge is 0.352 e. The molecule has 2 heterocycles. The lowest BCUT2D eigenvalue weighted by atomic mass is 9.80. The molecule has 0 N–H and O–H groups in total. The number of nitrogens with zero attached hydrogens (tertiary/aromatic N) is 1. The van der Waals surface area contributed by atoms with E-state index >= 15 is 0 Å². The van der Waals surface area contributed by atoms with Crippen molar-refractivity contribution in [3.8, 4) is 11.8 Å². The predicted octanol–water partition coefficient (Wildman–Crippen LogP) is 4.99. The number of rotatable bonds is 1. The molecule has 144 valence electrons. The third-order valence-electron chi connectivity index (χ3n) is 4.97. The number of esters is 1. The summed E-state index contributed by atoms with van der Waals surface area (Å²) in [6.07, 6.45) is 3.21. The molecule has 27 heavy (non-hydrogen) atoms. The normalized spacial score (nSPS) is 25.1. The van der Waals surface area contributed by atoms with E-state index in [1.165, 1.54) is 16.9 Å². The van der Waals surface area contributed by atoms with E-state index in [0.717, 1.165) is 17.7 Å². The van der Waals surface area contributed by atoms with Crippen LogP contribution in [0.1, 0.15) is 68.9 Å². The first-order valence-corrected chi connectivity index (χ1v) is 10.2. The van der Waals surface area contributed by atoms with E-state index < -0.39 is 6.23 Å². The molecule has 5 heteroatoms. The summed E-state index contributed by atoms with van der Waals surface area (Å²) in [7, 11) is 0. The molecule has 4 nitrogen and oxygen atoms in total. The molecule has 3 rings (SSSR count). The minimum absolute atomic E-state index is 0.0284. The average Bonchev–Trinajstić information content (AvgIpc) is 2.96. The van der Waals surface area contributed by atoms with Gasteiger partial charge < -0.3 is 4.74 Å². The average molecular weight is 386 g/mol. The number of ether oxygens (including phenoxy) is 1. The Labute approximate surface area is 165 Å². The third kappa shape index (κ3) is 4.11. The summed E-state index contributed by atoms with van der Waals surface area (Å²) in [5.41, 5.74) is 1.85. The molecule has 0 fully saturated rings. The molecular weight excluding hydrogens is 358 g/mol. The molecule has 1 aromatic rings. The highest BCUT2D eigenvalue weighted by Crippen LogP contribution is 2.39. The maximum Gasteiger partial charge on any atom is 0.352 e. The van der Waals surface area contributed by atoms with Crippen molar-refractivity contribution in [3.63, 3.8) is 0 Å². The summed E-state index contributed by atoms with van der Waals surface area (Å²) in [5, 5.41) is 0. The van der Waals surface area contributed by atoms with E-state index in [1.807, 2.05) is 26.8 Å². The van der Waals surface area contributed by atoms with Crippen molar-refractivity contribution in [1.29, 1.82) is 0 Å². The summed E-state index contributed by atoms with van der Waals surface area (Å²) in [5.74, 6) is 6.17. The molecule has 1 aromatic heterocycles. The van der Waals surface area contributed by atoms with E-state index in [9.17, 15) is 9.59 Å². The van der Waals surface area contributed by atoms with Gasteiger partial charge in [-0.15, -0.1) is 11.3 Å². The lowest BCUT2D eigenvalue weighted by Crippen LogP contribution is -2.49. The molecule has 0 saturated heterocycles. The van der Waals surface area contributed by atoms with Gasteiger partial charge in [0.05, 0.1) is 10.6 Å². The van der Waals surface area contributed by atoms with E-state index in [0.29, 0.717) is 10.6 Å². The first kappa shape index (κ1) is 19.7. The van der Waals surface area contributed by atoms with Gasteiger partial charge in [0.1, 0.15) is 4.88 Å². The van der Waals surface area contributed by atoms with Gasteiger partial charge in [0.15, 0.2) is 6.23 Å². The Morgan fingerprint density at radius 3 is 2.67 bits per heavy atom. The molecule has 1 aliphatic heterocycles. The van der Waals surface area contributed by atoms with E-state index in [4.69, 9.17) is 4.74 Å². The van der Waals surface area contributed by atoms with Gasteiger partial charge in [-0.05, 0) is 59.4 Å². The van der Waals surface area contributed by atoms with Crippen LogP contribution >= 0.6 is 11.3 Å². The Hall–Kier alpha value is -2.06. The SMILES string of the molecule is CC1=CC[C@H](C(=O)N2c3cc(C#CC(C)(C)C)sc3C(=O)OC2C)[C@H](C)C1. The number of hydrogen-bond donors (Lipinski definition) is 0. The second-order valence-electron chi connectivity index (χ2n) is 8.61. The maximum atomic E-state index is 13.4. The fourth-order valence-electron chi connectivity index (χ4n) is 3.59. The van der Waals surface area contributed by atoms with Gasteiger partial charge >= 0.3 is 5.97 Å². The second-order valence-corrected chi connectivity index (χ2v) is 9.66. The van der Waals surface area contributed by atoms with E-state index in [-0.39, 0.29) is 29.1 Å². The fourth-order valence-corrected chi connectivity index (χ4v) is 4.47. The van der Waals surface area contributed by atoms with Crippen molar-refractivity contribution >= 4 is 28.9 Å². The highest BCUT2D eigenvalue weighted by atomic mass is 32.1. The van der Waals surface area contributed by atoms with Gasteiger partial charge in [-0.3, -0.25) is 9.69 Å². The molecule has 1 aliphatic carbocycles. The second kappa shape index (κ2) is 7.16. The van der Waals surface area contributed by atoms with Crippen LogP contribution in [0.2, 0.25) is 0 Å². The lowest BCUT2D eigenvalue weighted by Gasteiger charge is -2.37. The largest absolute Gasteiger partial charge is 0.437 e. The number of hydrogen-bond acceptors (Lipinski definition) is 4. The Kier molecular flexibility index (Phi) is 5.22. The molecule has 0 bridgehead atoms. The van der Waals surface area contributed by atoms with Crippen LogP contribution in [-0.2, 0) is 9.53 Å². The van der Waals surface area contributed by atoms with Crippen molar-refractivity contribution in [2.75, 3.05) is 4.90 Å². The summed E-state index contributed by atoms with van der Waals surface area (Å²) in [6.45, 7) is 12.1. The quantitative estimate of drug-likeness (QED) is 0.389. The van der Waals surface area contributed by atoms with Crippen molar-refractivity contribution in [2.45, 2.75) is 60.6 Å². The molecule has 1 amide bonds. The summed E-state index contributed by atoms with van der Waals surface area (Å²) >= 11 is 1.30. The number of amides is 1. The van der Waals surface area contributed by atoms with Crippen LogP contribution in [0.5, 0.6) is 0 Å². The number of allylic oxidation sites excluding steroid dienone is 2. The number of carbonyl (C=O) groups is 2. The fraction of sp³-hybridized carbons (Fsp3) is 0.545. The minimum atomic E-state index is -0.602. The Bertz CT molecular complexity index is 862. The van der Waals surface area contributed by atoms with Crippen LogP contribution in [-0.4, -0.2) is 18.1 Å². The van der Waals surface area contributed by atoms with Gasteiger partial charge in [0.25, 0.3) is 0 Å². The van der Waals surface area contributed by atoms with Gasteiger partial charge in [0.2, 0.25) is 5.91 Å². The van der Waals surface area contributed by atoms with Crippen LogP contribution in [0.4, 0.5) is 5.69 Å². The van der Waals surface area contributed by atoms with E-state index in [2.05, 4.69) is 31.8 Å². The zero-order valence-corrected chi connectivity index (χ0v) is 17.7. The van der Waals surface area contributed by atoms with Gasteiger partial charge in [-0.25, -0.2) is 4.79 Å². The number of fused-ring (bicyclic) bond motifs is 1. The zero-order chi connectivity index (χ0) is 19.9. The first-order chi connectivity index (χ1) is 12.6. The third-order valence-corrected chi connectivity index (χ3v) is 5.98. The molecule has 0 aromatic carbocycles. The van der Waals surface area contributed by atoms with Crippen molar-refractivity contribution in [1.82, 2.24) is 0 Å². The Morgan fingerprint density at radius 1 is 1.33 bits per heavy atom. The number of cyclic esters (lactones) is 1. The van der Waals surface area contributed by atoms with Crippen molar-refractivity contribution in [2.24, 2.45) is 17.3 Å². The van der Waals surface area contributed by atoms with Crippen LogP contribution < -0.4 is 4.90 Å². The molecule has 0 radical (unpaired) electrons. The molecule has 1 unspecified atom stereocenters. The van der Waals surface area contributed by atoms with Crippen molar-refractivity contribution < 1.29 is 14.3 Å². The lowest BCUT2D eigenvalue weighted by molar-refractivity contribution is -0.126. The van der Waals surface area contributed by atoms with Crippen LogP contribution in [0.15, 0.2) is 17.7 Å². The van der Waals surface area contributed by atoms with Crippen LogP contribution in [0, 0.1) is 29.1 Å². The van der Waals surface area contributed by atoms with E-state index in [1.54, 1.807) is 11.8 Å². The maximum absolute atomic E-state index is 13.4. The molecule has 0 spiro atoms. The van der Waals surface area contributed by atoms with Crippen LogP contribution in [0.25, 0.3) is 0 Å². The Balaban J connectivity index is 1.96. The summed E-state index contributed by atoms with van der Waals surface area (Å²) < 4.78 is 5.47. The van der Waals surface area contributed by atoms with Gasteiger partial charge in [-0.2, -0.15) is 0 Å². The molecular formula is C22H27NO3S. The highest BCUT2D eigenvalue weighted by molar-refractivity contribution is 7.15. The zero-order valence-electron chi connectivity index (χ0n) is 16.9. The number of anilines is 1. The topological polar surface area (TPSA) is 46.6 Å². The summed E-state index contributed by atoms with van der Waals surface area (Å²) in [6, 6.07) is 1.86. The van der Waals surface area contributed by atoms with Crippen LogP contribution in [0.3, 0.4) is 0 Å².